The Labute approximate surface area is 126 Å². The standard InChI is InChI=1S/C16H24N2O3/c1-5-21-15(20)13(16(2,3)4)14(19)18-11-8-12-6-9-17-10-7-12/h6-7,9-10,13H,5,8,11H2,1-4H3,(H,18,19). The molecule has 1 unspecified atom stereocenters. The van der Waals surface area contributed by atoms with Crippen LogP contribution in [0, 0.1) is 11.3 Å². The van der Waals surface area contributed by atoms with Crippen LogP contribution in [0.25, 0.3) is 0 Å². The van der Waals surface area contributed by atoms with Gasteiger partial charge < -0.3 is 10.1 Å². The molecule has 0 aliphatic carbocycles. The molecule has 0 aliphatic heterocycles. The molecule has 1 aromatic rings. The van der Waals surface area contributed by atoms with E-state index in [1.54, 1.807) is 19.3 Å². The molecule has 21 heavy (non-hydrogen) atoms. The maximum atomic E-state index is 12.3. The number of pyridine rings is 1. The summed E-state index contributed by atoms with van der Waals surface area (Å²) in [5.41, 5.74) is 0.612. The van der Waals surface area contributed by atoms with E-state index in [9.17, 15) is 9.59 Å². The van der Waals surface area contributed by atoms with Crippen molar-refractivity contribution in [2.45, 2.75) is 34.1 Å². The van der Waals surface area contributed by atoms with Crippen LogP contribution in [0.5, 0.6) is 0 Å². The van der Waals surface area contributed by atoms with Crippen molar-refractivity contribution < 1.29 is 14.3 Å². The summed E-state index contributed by atoms with van der Waals surface area (Å²) < 4.78 is 5.01. The largest absolute Gasteiger partial charge is 0.465 e. The minimum Gasteiger partial charge on any atom is -0.465 e. The number of ether oxygens (including phenoxy) is 1. The highest BCUT2D eigenvalue weighted by Gasteiger charge is 2.38. The van der Waals surface area contributed by atoms with Gasteiger partial charge in [0.15, 0.2) is 0 Å². The number of nitrogens with one attached hydrogen (secondary N) is 1. The summed E-state index contributed by atoms with van der Waals surface area (Å²) >= 11 is 0. The van der Waals surface area contributed by atoms with E-state index in [0.717, 1.165) is 5.56 Å². The van der Waals surface area contributed by atoms with Crippen molar-refractivity contribution in [3.63, 3.8) is 0 Å². The van der Waals surface area contributed by atoms with Gasteiger partial charge in [0.1, 0.15) is 5.92 Å². The van der Waals surface area contributed by atoms with Crippen LogP contribution >= 0.6 is 0 Å². The van der Waals surface area contributed by atoms with Crippen LogP contribution in [-0.2, 0) is 20.7 Å². The Morgan fingerprint density at radius 2 is 1.90 bits per heavy atom. The molecule has 1 rings (SSSR count). The lowest BCUT2D eigenvalue weighted by Crippen LogP contribution is -2.44. The lowest BCUT2D eigenvalue weighted by Gasteiger charge is -2.27. The maximum absolute atomic E-state index is 12.3. The second-order valence-electron chi connectivity index (χ2n) is 5.95. The molecule has 1 N–H and O–H groups in total. The van der Waals surface area contributed by atoms with Crippen molar-refractivity contribution in [2.75, 3.05) is 13.2 Å². The molecule has 5 heteroatoms. The fourth-order valence-electron chi connectivity index (χ4n) is 2.06. The first-order chi connectivity index (χ1) is 9.86. The molecule has 1 aromatic heterocycles. The number of aromatic nitrogens is 1. The monoisotopic (exact) mass is 292 g/mol. The first-order valence-electron chi connectivity index (χ1n) is 7.19. The van der Waals surface area contributed by atoms with Crippen LogP contribution in [-0.4, -0.2) is 30.0 Å². The van der Waals surface area contributed by atoms with Crippen molar-refractivity contribution in [1.29, 1.82) is 0 Å². The first-order valence-corrected chi connectivity index (χ1v) is 7.19. The zero-order chi connectivity index (χ0) is 15.9. The number of hydrogen-bond acceptors (Lipinski definition) is 4. The highest BCUT2D eigenvalue weighted by molar-refractivity contribution is 5.98. The fraction of sp³-hybridized carbons (Fsp3) is 0.562. The van der Waals surface area contributed by atoms with Gasteiger partial charge in [-0.25, -0.2) is 0 Å². The zero-order valence-corrected chi connectivity index (χ0v) is 13.2. The van der Waals surface area contributed by atoms with Gasteiger partial charge in [-0.05, 0) is 36.5 Å². The molecule has 0 aliphatic rings. The summed E-state index contributed by atoms with van der Waals surface area (Å²) in [6.45, 7) is 8.06. The summed E-state index contributed by atoms with van der Waals surface area (Å²) in [7, 11) is 0. The summed E-state index contributed by atoms with van der Waals surface area (Å²) in [4.78, 5) is 28.2. The highest BCUT2D eigenvalue weighted by Crippen LogP contribution is 2.27. The molecule has 1 atom stereocenters. The highest BCUT2D eigenvalue weighted by atomic mass is 16.5. The lowest BCUT2D eigenvalue weighted by atomic mass is 9.80. The molecule has 0 saturated carbocycles. The van der Waals surface area contributed by atoms with E-state index >= 15 is 0 Å². The van der Waals surface area contributed by atoms with Gasteiger partial charge in [0.2, 0.25) is 5.91 Å². The molecule has 1 heterocycles. The number of carbonyl (C=O) groups excluding carboxylic acids is 2. The topological polar surface area (TPSA) is 68.3 Å². The van der Waals surface area contributed by atoms with Crippen LogP contribution in [0.15, 0.2) is 24.5 Å². The number of hydrogen-bond donors (Lipinski definition) is 1. The molecule has 0 fully saturated rings. The Balaban J connectivity index is 2.59. The number of amides is 1. The van der Waals surface area contributed by atoms with Crippen molar-refractivity contribution in [1.82, 2.24) is 10.3 Å². The van der Waals surface area contributed by atoms with Crippen LogP contribution in [0.2, 0.25) is 0 Å². The van der Waals surface area contributed by atoms with E-state index in [1.807, 2.05) is 32.9 Å². The summed E-state index contributed by atoms with van der Waals surface area (Å²) in [6, 6.07) is 3.80. The van der Waals surface area contributed by atoms with Crippen LogP contribution < -0.4 is 5.32 Å². The van der Waals surface area contributed by atoms with Crippen molar-refractivity contribution in [3.8, 4) is 0 Å². The molecule has 0 aromatic carbocycles. The predicted octanol–water partition coefficient (Wildman–Crippen LogP) is 1.97. The molecule has 5 nitrogen and oxygen atoms in total. The summed E-state index contributed by atoms with van der Waals surface area (Å²) in [6.07, 6.45) is 4.13. The van der Waals surface area contributed by atoms with Gasteiger partial charge >= 0.3 is 5.97 Å². The minimum absolute atomic E-state index is 0.274. The lowest BCUT2D eigenvalue weighted by molar-refractivity contribution is -0.156. The van der Waals surface area contributed by atoms with Gasteiger partial charge in [-0.3, -0.25) is 14.6 Å². The van der Waals surface area contributed by atoms with Crippen molar-refractivity contribution in [3.05, 3.63) is 30.1 Å². The van der Waals surface area contributed by atoms with Crippen LogP contribution in [0.1, 0.15) is 33.3 Å². The zero-order valence-electron chi connectivity index (χ0n) is 13.2. The molecule has 0 saturated heterocycles. The van der Waals surface area contributed by atoms with Crippen LogP contribution in [0.4, 0.5) is 0 Å². The second-order valence-corrected chi connectivity index (χ2v) is 5.95. The number of carbonyl (C=O) groups is 2. The Kier molecular flexibility index (Phi) is 6.34. The van der Waals surface area contributed by atoms with Crippen molar-refractivity contribution in [2.24, 2.45) is 11.3 Å². The predicted molar refractivity (Wildman–Crippen MR) is 80.5 cm³/mol. The van der Waals surface area contributed by atoms with Gasteiger partial charge in [-0.1, -0.05) is 20.8 Å². The van der Waals surface area contributed by atoms with Gasteiger partial charge in [0.25, 0.3) is 0 Å². The average Bonchev–Trinajstić information content (AvgIpc) is 2.38. The smallest absolute Gasteiger partial charge is 0.319 e. The molecular formula is C16H24N2O3. The Bertz CT molecular complexity index is 466. The quantitative estimate of drug-likeness (QED) is 0.643. The number of rotatable bonds is 6. The van der Waals surface area contributed by atoms with Gasteiger partial charge in [-0.15, -0.1) is 0 Å². The van der Waals surface area contributed by atoms with Gasteiger partial charge in [0, 0.05) is 18.9 Å². The van der Waals surface area contributed by atoms with E-state index in [4.69, 9.17) is 4.74 Å². The van der Waals surface area contributed by atoms with Crippen LogP contribution in [0.3, 0.4) is 0 Å². The molecular weight excluding hydrogens is 268 g/mol. The Morgan fingerprint density at radius 1 is 1.29 bits per heavy atom. The molecule has 1 amide bonds. The number of esters is 1. The number of nitrogens with zero attached hydrogens (tertiary/aromatic N) is 1. The fourth-order valence-corrected chi connectivity index (χ4v) is 2.06. The molecule has 0 spiro atoms. The van der Waals surface area contributed by atoms with E-state index in [-0.39, 0.29) is 12.5 Å². The first kappa shape index (κ1) is 17.1. The molecule has 0 bridgehead atoms. The summed E-state index contributed by atoms with van der Waals surface area (Å²) in [5.74, 6) is -1.55. The SMILES string of the molecule is CCOC(=O)C(C(=O)NCCc1ccncc1)C(C)(C)C. The Morgan fingerprint density at radius 3 is 2.43 bits per heavy atom. The third-order valence-electron chi connectivity index (χ3n) is 3.11. The van der Waals surface area contributed by atoms with E-state index < -0.39 is 17.3 Å². The average molecular weight is 292 g/mol. The normalized spacial score (nSPS) is 12.6. The third kappa shape index (κ3) is 5.53. The second kappa shape index (κ2) is 7.76. The molecule has 0 radical (unpaired) electrons. The van der Waals surface area contributed by atoms with E-state index in [2.05, 4.69) is 10.3 Å². The van der Waals surface area contributed by atoms with Gasteiger partial charge in [0.05, 0.1) is 6.61 Å². The maximum Gasteiger partial charge on any atom is 0.319 e. The molecule has 116 valence electrons. The Hall–Kier alpha value is -1.91. The van der Waals surface area contributed by atoms with Crippen molar-refractivity contribution >= 4 is 11.9 Å². The minimum atomic E-state index is -0.796. The summed E-state index contributed by atoms with van der Waals surface area (Å²) in [5, 5.41) is 2.82. The van der Waals surface area contributed by atoms with E-state index in [1.165, 1.54) is 0 Å². The third-order valence-corrected chi connectivity index (χ3v) is 3.11. The van der Waals surface area contributed by atoms with E-state index in [0.29, 0.717) is 13.0 Å². The van der Waals surface area contributed by atoms with Gasteiger partial charge in [-0.2, -0.15) is 0 Å².